The van der Waals surface area contributed by atoms with Crippen molar-refractivity contribution in [2.24, 2.45) is 5.92 Å². The summed E-state index contributed by atoms with van der Waals surface area (Å²) in [4.78, 5) is 15.1. The number of carbonyl (C=O) groups is 1. The maximum Gasteiger partial charge on any atom is 0.307 e. The summed E-state index contributed by atoms with van der Waals surface area (Å²) in [6.07, 6.45) is 4.96. The van der Waals surface area contributed by atoms with Crippen LogP contribution in [0.4, 0.5) is 10.1 Å². The highest BCUT2D eigenvalue weighted by atomic mass is 19.1. The number of allylic oxidation sites excluding steroid dienone is 3. The highest BCUT2D eigenvalue weighted by Gasteiger charge is 2.19. The minimum Gasteiger partial charge on any atom is -0.481 e. The molecule has 1 N–H and O–H groups in total. The van der Waals surface area contributed by atoms with Gasteiger partial charge in [-0.1, -0.05) is 37.8 Å². The standard InChI is InChI=1S/C22H29FN2O2/c1-5-18(16(2)3)7-6-17(4)24-10-12-25(13-11-24)20-9-8-19(14-22(26)27)21(23)15-20/h6-9,15,18H,2,4-5,10-14H2,1,3H3,(H,26,27)/b7-6-. The molecule has 1 unspecified atom stereocenters. The summed E-state index contributed by atoms with van der Waals surface area (Å²) in [5.74, 6) is -1.12. The number of hydrogen-bond acceptors (Lipinski definition) is 3. The van der Waals surface area contributed by atoms with Gasteiger partial charge in [0.1, 0.15) is 5.82 Å². The van der Waals surface area contributed by atoms with Crippen molar-refractivity contribution in [3.63, 3.8) is 0 Å². The van der Waals surface area contributed by atoms with E-state index >= 15 is 0 Å². The molecule has 0 aromatic heterocycles. The smallest absolute Gasteiger partial charge is 0.307 e. The summed E-state index contributed by atoms with van der Waals surface area (Å²) >= 11 is 0. The van der Waals surface area contributed by atoms with E-state index in [1.54, 1.807) is 12.1 Å². The zero-order chi connectivity index (χ0) is 20.0. The Balaban J connectivity index is 1.94. The van der Waals surface area contributed by atoms with E-state index in [1.165, 1.54) is 6.07 Å². The first-order valence-electron chi connectivity index (χ1n) is 9.34. The number of hydrogen-bond donors (Lipinski definition) is 1. The third-order valence-corrected chi connectivity index (χ3v) is 5.02. The molecule has 1 atom stereocenters. The minimum absolute atomic E-state index is 0.214. The van der Waals surface area contributed by atoms with Crippen LogP contribution in [0.5, 0.6) is 0 Å². The van der Waals surface area contributed by atoms with Gasteiger partial charge in [0.2, 0.25) is 0 Å². The Morgan fingerprint density at radius 2 is 1.96 bits per heavy atom. The van der Waals surface area contributed by atoms with Crippen molar-refractivity contribution < 1.29 is 14.3 Å². The number of anilines is 1. The molecule has 1 aliphatic heterocycles. The molecule has 1 aromatic rings. The summed E-state index contributed by atoms with van der Waals surface area (Å²) in [5, 5.41) is 8.81. The molecule has 4 nitrogen and oxygen atoms in total. The summed E-state index contributed by atoms with van der Waals surface area (Å²) in [6.45, 7) is 15.5. The summed E-state index contributed by atoms with van der Waals surface area (Å²) in [6, 6.07) is 4.79. The highest BCUT2D eigenvalue weighted by molar-refractivity contribution is 5.70. The van der Waals surface area contributed by atoms with Crippen LogP contribution in [0.2, 0.25) is 0 Å². The molecular formula is C22H29FN2O2. The van der Waals surface area contributed by atoms with Gasteiger partial charge in [-0.2, -0.15) is 0 Å². The third-order valence-electron chi connectivity index (χ3n) is 5.02. The molecule has 0 radical (unpaired) electrons. The van der Waals surface area contributed by atoms with Crippen LogP contribution in [0.15, 0.2) is 54.8 Å². The van der Waals surface area contributed by atoms with Gasteiger partial charge in [-0.05, 0) is 43.0 Å². The quantitative estimate of drug-likeness (QED) is 0.547. The fraction of sp³-hybridized carbons (Fsp3) is 0.409. The summed E-state index contributed by atoms with van der Waals surface area (Å²) in [7, 11) is 0. The second-order valence-electron chi connectivity index (χ2n) is 7.03. The average molecular weight is 372 g/mol. The number of nitrogens with zero attached hydrogens (tertiary/aromatic N) is 2. The SMILES string of the molecule is C=C(C)C(/C=C\C(=C)N1CCN(c2ccc(CC(=O)O)c(F)c2)CC1)CC. The van der Waals surface area contributed by atoms with E-state index in [9.17, 15) is 9.18 Å². The van der Waals surface area contributed by atoms with Gasteiger partial charge in [0.15, 0.2) is 0 Å². The lowest BCUT2D eigenvalue weighted by Crippen LogP contribution is -2.45. The van der Waals surface area contributed by atoms with Crippen LogP contribution >= 0.6 is 0 Å². The van der Waals surface area contributed by atoms with Crippen LogP contribution in [-0.2, 0) is 11.2 Å². The van der Waals surface area contributed by atoms with Crippen LogP contribution in [0.25, 0.3) is 0 Å². The van der Waals surface area contributed by atoms with Crippen LogP contribution < -0.4 is 4.90 Å². The normalized spacial score (nSPS) is 15.8. The first-order valence-corrected chi connectivity index (χ1v) is 9.34. The number of carboxylic acids is 1. The number of carboxylic acid groups (broad SMARTS) is 1. The molecule has 1 fully saturated rings. The van der Waals surface area contributed by atoms with Crippen molar-refractivity contribution in [1.82, 2.24) is 4.90 Å². The van der Waals surface area contributed by atoms with Gasteiger partial charge in [0.25, 0.3) is 0 Å². The topological polar surface area (TPSA) is 43.8 Å². The van der Waals surface area contributed by atoms with Gasteiger partial charge >= 0.3 is 5.97 Å². The molecule has 1 aliphatic rings. The van der Waals surface area contributed by atoms with Crippen molar-refractivity contribution in [1.29, 1.82) is 0 Å². The maximum atomic E-state index is 14.1. The maximum absolute atomic E-state index is 14.1. The number of aliphatic carboxylic acids is 1. The lowest BCUT2D eigenvalue weighted by Gasteiger charge is -2.37. The zero-order valence-corrected chi connectivity index (χ0v) is 16.2. The fourth-order valence-electron chi connectivity index (χ4n) is 3.27. The molecule has 27 heavy (non-hydrogen) atoms. The second kappa shape index (κ2) is 9.40. The summed E-state index contributed by atoms with van der Waals surface area (Å²) in [5.41, 5.74) is 3.14. The largest absolute Gasteiger partial charge is 0.481 e. The van der Waals surface area contributed by atoms with E-state index in [4.69, 9.17) is 5.11 Å². The Morgan fingerprint density at radius 1 is 1.30 bits per heavy atom. The van der Waals surface area contributed by atoms with Crippen molar-refractivity contribution >= 4 is 11.7 Å². The molecule has 1 aromatic carbocycles. The molecule has 0 bridgehead atoms. The Hall–Kier alpha value is -2.56. The van der Waals surface area contributed by atoms with E-state index in [2.05, 4.69) is 42.0 Å². The van der Waals surface area contributed by atoms with Crippen LogP contribution in [0.3, 0.4) is 0 Å². The Kier molecular flexibility index (Phi) is 7.22. The summed E-state index contributed by atoms with van der Waals surface area (Å²) < 4.78 is 14.1. The predicted molar refractivity (Wildman–Crippen MR) is 108 cm³/mol. The van der Waals surface area contributed by atoms with E-state index < -0.39 is 11.8 Å². The Bertz CT molecular complexity index is 734. The number of benzene rings is 1. The number of piperazine rings is 1. The molecule has 1 heterocycles. The van der Waals surface area contributed by atoms with E-state index in [1.807, 2.05) is 6.92 Å². The van der Waals surface area contributed by atoms with Crippen molar-refractivity contribution in [3.05, 3.63) is 66.2 Å². The van der Waals surface area contributed by atoms with Crippen molar-refractivity contribution in [2.75, 3.05) is 31.1 Å². The van der Waals surface area contributed by atoms with Crippen molar-refractivity contribution in [3.8, 4) is 0 Å². The average Bonchev–Trinajstić information content (AvgIpc) is 2.63. The third kappa shape index (κ3) is 5.71. The number of rotatable bonds is 8. The van der Waals surface area contributed by atoms with Crippen molar-refractivity contribution in [2.45, 2.75) is 26.7 Å². The van der Waals surface area contributed by atoms with Crippen LogP contribution in [-0.4, -0.2) is 42.2 Å². The first kappa shape index (κ1) is 20.7. The molecule has 0 spiro atoms. The zero-order valence-electron chi connectivity index (χ0n) is 16.2. The molecule has 0 amide bonds. The van der Waals surface area contributed by atoms with Gasteiger partial charge in [0, 0.05) is 37.6 Å². The van der Waals surface area contributed by atoms with Gasteiger partial charge in [-0.25, -0.2) is 4.39 Å². The van der Waals surface area contributed by atoms with Gasteiger partial charge in [0.05, 0.1) is 6.42 Å². The molecule has 1 saturated heterocycles. The van der Waals surface area contributed by atoms with Gasteiger partial charge < -0.3 is 14.9 Å². The lowest BCUT2D eigenvalue weighted by molar-refractivity contribution is -0.136. The monoisotopic (exact) mass is 372 g/mol. The molecule has 146 valence electrons. The van der Waals surface area contributed by atoms with Crippen LogP contribution in [0.1, 0.15) is 25.8 Å². The molecule has 5 heteroatoms. The molecule has 0 saturated carbocycles. The molecule has 2 rings (SSSR count). The second-order valence-corrected chi connectivity index (χ2v) is 7.03. The van der Waals surface area contributed by atoms with E-state index in [-0.39, 0.29) is 12.0 Å². The van der Waals surface area contributed by atoms with Crippen LogP contribution in [0, 0.1) is 11.7 Å². The van der Waals surface area contributed by atoms with Gasteiger partial charge in [-0.15, -0.1) is 0 Å². The lowest BCUT2D eigenvalue weighted by atomic mass is 9.98. The Morgan fingerprint density at radius 3 is 2.48 bits per heavy atom. The molecular weight excluding hydrogens is 343 g/mol. The van der Waals surface area contributed by atoms with E-state index in [0.29, 0.717) is 5.92 Å². The van der Waals surface area contributed by atoms with E-state index in [0.717, 1.165) is 49.6 Å². The number of halogens is 1. The highest BCUT2D eigenvalue weighted by Crippen LogP contribution is 2.22. The molecule has 0 aliphatic carbocycles. The van der Waals surface area contributed by atoms with Gasteiger partial charge in [-0.3, -0.25) is 4.79 Å². The Labute approximate surface area is 161 Å². The predicted octanol–water partition coefficient (Wildman–Crippen LogP) is 4.25. The fourth-order valence-corrected chi connectivity index (χ4v) is 3.27. The minimum atomic E-state index is -1.03. The first-order chi connectivity index (χ1) is 12.8.